The third kappa shape index (κ3) is 18.1. The van der Waals surface area contributed by atoms with E-state index >= 15 is 0 Å². The van der Waals surface area contributed by atoms with E-state index in [1.807, 2.05) is 0 Å². The molecule has 29 valence electrons. The minimum Gasteiger partial charge on any atom is -1.00 e. The second-order valence-corrected chi connectivity index (χ2v) is 0. The van der Waals surface area contributed by atoms with Crippen molar-refractivity contribution >= 4 is 37.7 Å². The SMILES string of the molecule is [Ca+2].[Fe].[H-].[H-].[H-].[Na+].[Ni].[V]. The summed E-state index contributed by atoms with van der Waals surface area (Å²) < 4.78 is 0. The van der Waals surface area contributed by atoms with E-state index in [4.69, 9.17) is 0 Å². The first-order chi connectivity index (χ1) is 0. The average molecular weight is 232 g/mol. The van der Waals surface area contributed by atoms with Crippen molar-refractivity contribution in [3.05, 3.63) is 0 Å². The van der Waals surface area contributed by atoms with E-state index in [2.05, 4.69) is 0 Å². The summed E-state index contributed by atoms with van der Waals surface area (Å²) in [4.78, 5) is 0. The van der Waals surface area contributed by atoms with Crippen molar-refractivity contribution in [3.63, 3.8) is 0 Å². The Hall–Kier alpha value is 3.86. The van der Waals surface area contributed by atoms with Crippen LogP contribution < -0.4 is 29.6 Å². The molecular weight excluding hydrogens is 229 g/mol. The summed E-state index contributed by atoms with van der Waals surface area (Å²) in [5.74, 6) is 0. The molecule has 0 aromatic carbocycles. The Morgan fingerprint density at radius 1 is 1.20 bits per heavy atom. The quantitative estimate of drug-likeness (QED) is 0.389. The molecule has 0 amide bonds. The third-order valence-electron chi connectivity index (χ3n) is 0. The maximum Gasteiger partial charge on any atom is 2.00 e. The zero-order valence-electron chi connectivity index (χ0n) is 5.82. The van der Waals surface area contributed by atoms with Gasteiger partial charge in [0.05, 0.1) is 0 Å². The normalized spacial score (nSPS) is 0. The molecule has 0 nitrogen and oxygen atoms in total. The van der Waals surface area contributed by atoms with Gasteiger partial charge in [0.1, 0.15) is 0 Å². The van der Waals surface area contributed by atoms with Crippen molar-refractivity contribution in [2.75, 3.05) is 0 Å². The van der Waals surface area contributed by atoms with Gasteiger partial charge in [-0.1, -0.05) is 0 Å². The van der Waals surface area contributed by atoms with Crippen LogP contribution in [0.3, 0.4) is 0 Å². The molecule has 1 radical (unpaired) electrons. The molecule has 0 fully saturated rings. The van der Waals surface area contributed by atoms with Gasteiger partial charge in [0.2, 0.25) is 0 Å². The molecule has 0 bridgehead atoms. The Morgan fingerprint density at radius 2 is 1.20 bits per heavy atom. The van der Waals surface area contributed by atoms with Gasteiger partial charge in [0.25, 0.3) is 0 Å². The number of hydrogen-bond donors (Lipinski definition) is 0. The maximum absolute atomic E-state index is 0. The summed E-state index contributed by atoms with van der Waals surface area (Å²) in [6.07, 6.45) is 0. The van der Waals surface area contributed by atoms with Crippen LogP contribution in [0, 0.1) is 0 Å². The predicted octanol–water partition coefficient (Wildman–Crippen LogP) is -3.05. The standard InChI is InChI=1S/Ca.Fe.Na.Ni.V.3H/q+2;;+1;;;3*-1. The van der Waals surface area contributed by atoms with Gasteiger partial charge in [-0.2, -0.15) is 0 Å². The molecule has 0 heterocycles. The van der Waals surface area contributed by atoms with E-state index in [-0.39, 0.29) is 124 Å². The first-order valence-electron chi connectivity index (χ1n) is 0. The van der Waals surface area contributed by atoms with E-state index in [9.17, 15) is 0 Å². The first-order valence-corrected chi connectivity index (χ1v) is 0. The molecule has 0 rings (SSSR count). The van der Waals surface area contributed by atoms with Gasteiger partial charge in [0, 0.05) is 52.1 Å². The summed E-state index contributed by atoms with van der Waals surface area (Å²) in [7, 11) is 0. The average Bonchev–Trinajstić information content (AvgIpc) is 0. The second-order valence-electron chi connectivity index (χ2n) is 0. The van der Waals surface area contributed by atoms with Crippen LogP contribution in [-0.2, 0) is 52.1 Å². The summed E-state index contributed by atoms with van der Waals surface area (Å²) >= 11 is 0. The molecule has 0 aliphatic carbocycles. The first kappa shape index (κ1) is 36.8. The number of hydrogen-bond acceptors (Lipinski definition) is 0. The van der Waals surface area contributed by atoms with Crippen LogP contribution in [0.25, 0.3) is 0 Å². The molecule has 0 saturated heterocycles. The van der Waals surface area contributed by atoms with E-state index < -0.39 is 0 Å². The summed E-state index contributed by atoms with van der Waals surface area (Å²) in [6, 6.07) is 0. The van der Waals surface area contributed by atoms with E-state index in [1.54, 1.807) is 0 Å². The van der Waals surface area contributed by atoms with Crippen molar-refractivity contribution in [2.45, 2.75) is 0 Å². The smallest absolute Gasteiger partial charge is 1.00 e. The Balaban J connectivity index is 0. The van der Waals surface area contributed by atoms with Crippen molar-refractivity contribution < 1.29 is 86.0 Å². The summed E-state index contributed by atoms with van der Waals surface area (Å²) in [5, 5.41) is 0. The molecule has 0 atom stereocenters. The Bertz CT molecular complexity index is 19.2. The molecule has 0 N–H and O–H groups in total. The van der Waals surface area contributed by atoms with Gasteiger partial charge in [-0.3, -0.25) is 0 Å². The largest absolute Gasteiger partial charge is 2.00 e. The van der Waals surface area contributed by atoms with Crippen LogP contribution in [0.2, 0.25) is 0 Å². The molecule has 0 unspecified atom stereocenters. The van der Waals surface area contributed by atoms with Crippen molar-refractivity contribution in [3.8, 4) is 0 Å². The minimum absolute atomic E-state index is 0. The Kier molecular flexibility index (Phi) is 183. The molecule has 5 heteroatoms. The molecule has 0 saturated carbocycles. The Morgan fingerprint density at radius 3 is 1.20 bits per heavy atom. The van der Waals surface area contributed by atoms with Gasteiger partial charge < -0.3 is 4.28 Å². The van der Waals surface area contributed by atoms with Crippen LogP contribution in [0.15, 0.2) is 0 Å². The van der Waals surface area contributed by atoms with Crippen molar-refractivity contribution in [2.24, 2.45) is 0 Å². The zero-order chi connectivity index (χ0) is 0. The summed E-state index contributed by atoms with van der Waals surface area (Å²) in [6.45, 7) is 0. The van der Waals surface area contributed by atoms with Crippen molar-refractivity contribution in [1.29, 1.82) is 0 Å². The summed E-state index contributed by atoms with van der Waals surface area (Å²) in [5.41, 5.74) is 0. The topological polar surface area (TPSA) is 0 Å². The van der Waals surface area contributed by atoms with Crippen LogP contribution in [0.5, 0.6) is 0 Å². The van der Waals surface area contributed by atoms with Gasteiger partial charge in [-0.05, 0) is 0 Å². The maximum atomic E-state index is 0. The van der Waals surface area contributed by atoms with Gasteiger partial charge in [0.15, 0.2) is 0 Å². The number of rotatable bonds is 0. The fraction of sp³-hybridized carbons (Fsp3) is 0. The predicted molar refractivity (Wildman–Crippen MR) is 9.09 cm³/mol. The van der Waals surface area contributed by atoms with Gasteiger partial charge in [-0.15, -0.1) is 0 Å². The Labute approximate surface area is 121 Å². The van der Waals surface area contributed by atoms with E-state index in [0.717, 1.165) is 0 Å². The molecule has 0 spiro atoms. The zero-order valence-corrected chi connectivity index (χ0v) is 10.5. The van der Waals surface area contributed by atoms with Gasteiger partial charge in [-0.25, -0.2) is 0 Å². The molecule has 0 aliphatic heterocycles. The minimum atomic E-state index is 0. The van der Waals surface area contributed by atoms with Crippen LogP contribution in [0.1, 0.15) is 4.28 Å². The van der Waals surface area contributed by atoms with Gasteiger partial charge >= 0.3 is 67.3 Å². The van der Waals surface area contributed by atoms with E-state index in [1.165, 1.54) is 0 Å². The molecule has 0 aromatic rings. The third-order valence-corrected chi connectivity index (χ3v) is 0. The molecule has 0 aliphatic rings. The van der Waals surface area contributed by atoms with Crippen LogP contribution in [-0.4, -0.2) is 37.7 Å². The molecular formula is H3CaFeNaNiV. The van der Waals surface area contributed by atoms with Crippen molar-refractivity contribution in [1.82, 2.24) is 0 Å². The second kappa shape index (κ2) is 24.8. The van der Waals surface area contributed by atoms with E-state index in [0.29, 0.717) is 0 Å². The fourth-order valence-corrected chi connectivity index (χ4v) is 0. The van der Waals surface area contributed by atoms with Crippen LogP contribution in [0.4, 0.5) is 0 Å². The molecule has 5 heavy (non-hydrogen) atoms. The fourth-order valence-electron chi connectivity index (χ4n) is 0. The molecule has 0 aromatic heterocycles. The monoisotopic (exact) mass is 231 g/mol. The van der Waals surface area contributed by atoms with Crippen LogP contribution >= 0.6 is 0 Å².